The van der Waals surface area contributed by atoms with Crippen LogP contribution in [-0.4, -0.2) is 40.7 Å². The first kappa shape index (κ1) is 15.3. The second-order valence-corrected chi connectivity index (χ2v) is 5.65. The molecule has 0 saturated carbocycles. The van der Waals surface area contributed by atoms with E-state index in [0.717, 1.165) is 35.7 Å². The van der Waals surface area contributed by atoms with Gasteiger partial charge >= 0.3 is 0 Å². The normalized spacial score (nSPS) is 11.1. The third-order valence-corrected chi connectivity index (χ3v) is 3.87. The monoisotopic (exact) mass is 334 g/mol. The molecule has 8 nitrogen and oxygen atoms in total. The van der Waals surface area contributed by atoms with E-state index < -0.39 is 0 Å². The Morgan fingerprint density at radius 1 is 1.08 bits per heavy atom. The molecule has 0 bridgehead atoms. The minimum Gasteiger partial charge on any atom is -0.354 e. The van der Waals surface area contributed by atoms with Crippen LogP contribution in [0.3, 0.4) is 0 Å². The van der Waals surface area contributed by atoms with Crippen LogP contribution in [-0.2, 0) is 6.54 Å². The minimum atomic E-state index is 0.631. The lowest BCUT2D eigenvalue weighted by molar-refractivity contribution is 0.740. The van der Waals surface area contributed by atoms with E-state index in [1.54, 1.807) is 24.9 Å². The van der Waals surface area contributed by atoms with Gasteiger partial charge in [-0.2, -0.15) is 5.10 Å². The van der Waals surface area contributed by atoms with E-state index in [-0.39, 0.29) is 0 Å². The van der Waals surface area contributed by atoms with Gasteiger partial charge < -0.3 is 9.88 Å². The number of fused-ring (bicyclic) bond motifs is 1. The highest BCUT2D eigenvalue weighted by Gasteiger charge is 2.10. The van der Waals surface area contributed by atoms with E-state index in [1.807, 2.05) is 33.5 Å². The first-order chi connectivity index (χ1) is 12.3. The molecule has 25 heavy (non-hydrogen) atoms. The summed E-state index contributed by atoms with van der Waals surface area (Å²) in [6.45, 7) is 3.59. The van der Waals surface area contributed by atoms with Crippen LogP contribution >= 0.6 is 0 Å². The molecule has 0 saturated heterocycles. The summed E-state index contributed by atoms with van der Waals surface area (Å²) in [4.78, 5) is 17.4. The van der Waals surface area contributed by atoms with Crippen LogP contribution in [0.25, 0.3) is 17.0 Å². The predicted molar refractivity (Wildman–Crippen MR) is 94.1 cm³/mol. The van der Waals surface area contributed by atoms with E-state index in [2.05, 4.69) is 37.3 Å². The van der Waals surface area contributed by atoms with Gasteiger partial charge in [0.15, 0.2) is 5.65 Å². The summed E-state index contributed by atoms with van der Waals surface area (Å²) >= 11 is 0. The van der Waals surface area contributed by atoms with Crippen LogP contribution in [0.5, 0.6) is 0 Å². The fraction of sp³-hybridized carbons (Fsp3) is 0.235. The van der Waals surface area contributed by atoms with Gasteiger partial charge in [0, 0.05) is 31.3 Å². The second kappa shape index (κ2) is 6.68. The van der Waals surface area contributed by atoms with Crippen molar-refractivity contribution in [2.75, 3.05) is 11.9 Å². The van der Waals surface area contributed by atoms with Crippen molar-refractivity contribution in [1.82, 2.24) is 34.1 Å². The molecule has 0 radical (unpaired) electrons. The molecule has 0 unspecified atom stereocenters. The lowest BCUT2D eigenvalue weighted by atomic mass is 10.3. The third kappa shape index (κ3) is 3.06. The Balaban J connectivity index is 1.61. The molecule has 0 aromatic carbocycles. The molecule has 1 N–H and O–H groups in total. The number of anilines is 1. The molecule has 126 valence electrons. The zero-order valence-electron chi connectivity index (χ0n) is 13.9. The lowest BCUT2D eigenvalue weighted by Gasteiger charge is -2.09. The lowest BCUT2D eigenvalue weighted by Crippen LogP contribution is -2.07. The van der Waals surface area contributed by atoms with Gasteiger partial charge in [-0.15, -0.1) is 0 Å². The number of hydrogen-bond donors (Lipinski definition) is 1. The molecule has 4 heterocycles. The predicted octanol–water partition coefficient (Wildman–Crippen LogP) is 2.25. The maximum absolute atomic E-state index is 4.46. The number of hydrogen-bond acceptors (Lipinski definition) is 6. The maximum atomic E-state index is 4.46. The van der Waals surface area contributed by atoms with Gasteiger partial charge in [-0.25, -0.2) is 24.5 Å². The summed E-state index contributed by atoms with van der Waals surface area (Å²) < 4.78 is 3.88. The molecule has 8 heteroatoms. The van der Waals surface area contributed by atoms with Crippen LogP contribution in [0.1, 0.15) is 19.0 Å². The van der Waals surface area contributed by atoms with Gasteiger partial charge in [-0.05, 0) is 18.6 Å². The van der Waals surface area contributed by atoms with Crippen molar-refractivity contribution in [2.24, 2.45) is 0 Å². The maximum Gasteiger partial charge on any atom is 0.222 e. The Bertz CT molecular complexity index is 970. The van der Waals surface area contributed by atoms with Crippen LogP contribution in [0.2, 0.25) is 0 Å². The Morgan fingerprint density at radius 2 is 1.96 bits per heavy atom. The van der Waals surface area contributed by atoms with E-state index in [1.165, 1.54) is 0 Å². The average molecular weight is 334 g/mol. The molecule has 4 aromatic rings. The summed E-state index contributed by atoms with van der Waals surface area (Å²) in [6.07, 6.45) is 9.89. The SMILES string of the molecule is CCCNc1ncc(-c2nccn2Cc2cccc3ncnn23)cn1. The highest BCUT2D eigenvalue weighted by Crippen LogP contribution is 2.18. The second-order valence-electron chi connectivity index (χ2n) is 5.65. The van der Waals surface area contributed by atoms with E-state index in [9.17, 15) is 0 Å². The van der Waals surface area contributed by atoms with E-state index >= 15 is 0 Å². The van der Waals surface area contributed by atoms with Crippen molar-refractivity contribution in [3.8, 4) is 11.4 Å². The molecule has 0 atom stereocenters. The smallest absolute Gasteiger partial charge is 0.222 e. The number of rotatable bonds is 6. The standard InChI is InChI=1S/C17H18N8/c1-2-6-19-17-20-9-13(10-21-17)16-18-7-8-24(16)11-14-4-3-5-15-22-12-23-25(14)15/h3-5,7-10,12H,2,6,11H2,1H3,(H,19,20,21). The van der Waals surface area contributed by atoms with Gasteiger partial charge in [0.2, 0.25) is 5.95 Å². The molecule has 4 rings (SSSR count). The summed E-state index contributed by atoms with van der Waals surface area (Å²) in [6, 6.07) is 5.94. The van der Waals surface area contributed by atoms with Crippen LogP contribution in [0, 0.1) is 0 Å². The van der Waals surface area contributed by atoms with Gasteiger partial charge in [0.05, 0.1) is 17.8 Å². The Hall–Kier alpha value is -3.29. The first-order valence-electron chi connectivity index (χ1n) is 8.20. The van der Waals surface area contributed by atoms with Gasteiger partial charge in [0.25, 0.3) is 0 Å². The van der Waals surface area contributed by atoms with Gasteiger partial charge in [-0.1, -0.05) is 13.0 Å². The number of imidazole rings is 1. The van der Waals surface area contributed by atoms with Gasteiger partial charge in [-0.3, -0.25) is 0 Å². The summed E-state index contributed by atoms with van der Waals surface area (Å²) in [7, 11) is 0. The van der Waals surface area contributed by atoms with Crippen molar-refractivity contribution >= 4 is 11.6 Å². The zero-order chi connectivity index (χ0) is 17.1. The first-order valence-corrected chi connectivity index (χ1v) is 8.20. The zero-order valence-corrected chi connectivity index (χ0v) is 13.9. The topological polar surface area (TPSA) is 85.8 Å². The molecular weight excluding hydrogens is 316 g/mol. The fourth-order valence-electron chi connectivity index (χ4n) is 2.66. The number of nitrogens with one attached hydrogen (secondary N) is 1. The van der Waals surface area contributed by atoms with Crippen LogP contribution in [0.15, 0.2) is 49.3 Å². The highest BCUT2D eigenvalue weighted by molar-refractivity contribution is 5.54. The Labute approximate surface area is 144 Å². The molecule has 0 amide bonds. The molecule has 4 aromatic heterocycles. The quantitative estimate of drug-likeness (QED) is 0.582. The van der Waals surface area contributed by atoms with Crippen molar-refractivity contribution in [3.05, 3.63) is 55.0 Å². The molecule has 0 aliphatic rings. The summed E-state index contributed by atoms with van der Waals surface area (Å²) in [5, 5.41) is 7.45. The van der Waals surface area contributed by atoms with Crippen molar-refractivity contribution < 1.29 is 0 Å². The summed E-state index contributed by atoms with van der Waals surface area (Å²) in [5.74, 6) is 1.45. The number of nitrogens with zero attached hydrogens (tertiary/aromatic N) is 7. The van der Waals surface area contributed by atoms with Gasteiger partial charge in [0.1, 0.15) is 12.2 Å². The molecule has 0 fully saturated rings. The van der Waals surface area contributed by atoms with Crippen LogP contribution < -0.4 is 5.32 Å². The number of pyridine rings is 1. The van der Waals surface area contributed by atoms with E-state index in [4.69, 9.17) is 0 Å². The molecule has 0 aliphatic carbocycles. The van der Waals surface area contributed by atoms with Crippen LogP contribution in [0.4, 0.5) is 5.95 Å². The molecule has 0 spiro atoms. The Kier molecular flexibility index (Phi) is 4.07. The highest BCUT2D eigenvalue weighted by atomic mass is 15.3. The van der Waals surface area contributed by atoms with Crippen molar-refractivity contribution in [3.63, 3.8) is 0 Å². The molecule has 0 aliphatic heterocycles. The third-order valence-electron chi connectivity index (χ3n) is 3.87. The Morgan fingerprint density at radius 3 is 2.80 bits per heavy atom. The average Bonchev–Trinajstić information content (AvgIpc) is 3.30. The minimum absolute atomic E-state index is 0.631. The largest absolute Gasteiger partial charge is 0.354 e. The molecular formula is C17H18N8. The number of aromatic nitrogens is 7. The van der Waals surface area contributed by atoms with Crippen molar-refractivity contribution in [1.29, 1.82) is 0 Å². The summed E-state index contributed by atoms with van der Waals surface area (Å²) in [5.41, 5.74) is 2.73. The fourth-order valence-corrected chi connectivity index (χ4v) is 2.66. The van der Waals surface area contributed by atoms with Crippen molar-refractivity contribution in [2.45, 2.75) is 19.9 Å². The van der Waals surface area contributed by atoms with E-state index in [0.29, 0.717) is 12.5 Å².